The molecular weight excluding hydrogens is 520 g/mol. The number of aryl methyl sites for hydroxylation is 2. The van der Waals surface area contributed by atoms with Gasteiger partial charge in [-0.25, -0.2) is 19.7 Å². The predicted octanol–water partition coefficient (Wildman–Crippen LogP) is 5.53. The molecule has 1 saturated heterocycles. The number of fused-ring (bicyclic) bond motifs is 1. The van der Waals surface area contributed by atoms with Gasteiger partial charge in [0.05, 0.1) is 44.4 Å². The van der Waals surface area contributed by atoms with Crippen molar-refractivity contribution in [2.75, 3.05) is 37.2 Å². The number of carbonyl (C=O) groups is 1. The van der Waals surface area contributed by atoms with Crippen molar-refractivity contribution >= 4 is 23.2 Å². The Morgan fingerprint density at radius 1 is 1.02 bits per heavy atom. The number of anilines is 3. The van der Waals surface area contributed by atoms with Gasteiger partial charge >= 0.3 is 6.03 Å². The number of hydrogen-bond donors (Lipinski definition) is 0. The van der Waals surface area contributed by atoms with Crippen LogP contribution in [0.4, 0.5) is 22.0 Å². The number of methoxy groups -OCH3 is 2. The zero-order valence-corrected chi connectivity index (χ0v) is 23.8. The van der Waals surface area contributed by atoms with Crippen LogP contribution in [-0.4, -0.2) is 53.2 Å². The average Bonchev–Trinajstić information content (AvgIpc) is 3.46. The first-order chi connectivity index (χ1) is 20.0. The number of hydrogen-bond acceptors (Lipinski definition) is 7. The van der Waals surface area contributed by atoms with Crippen LogP contribution in [0.1, 0.15) is 47.0 Å². The van der Waals surface area contributed by atoms with Crippen molar-refractivity contribution < 1.29 is 19.0 Å². The minimum Gasteiger partial charge on any atom is -0.497 e. The summed E-state index contributed by atoms with van der Waals surface area (Å²) in [5.74, 6) is 2.29. The number of carbonyl (C=O) groups excluding carboxylic acids is 1. The van der Waals surface area contributed by atoms with Gasteiger partial charge in [-0.2, -0.15) is 5.10 Å². The molecule has 0 aliphatic carbocycles. The van der Waals surface area contributed by atoms with E-state index in [-0.39, 0.29) is 6.03 Å². The maximum Gasteiger partial charge on any atom is 0.335 e. The molecule has 0 N–H and O–H groups in total. The molecule has 0 bridgehead atoms. The Morgan fingerprint density at radius 2 is 1.80 bits per heavy atom. The Hall–Kier alpha value is -4.44. The van der Waals surface area contributed by atoms with Crippen molar-refractivity contribution in [1.82, 2.24) is 19.7 Å². The van der Waals surface area contributed by atoms with E-state index in [9.17, 15) is 4.79 Å². The normalized spacial score (nSPS) is 15.7. The quantitative estimate of drug-likeness (QED) is 0.297. The second-order valence-electron chi connectivity index (χ2n) is 10.5. The van der Waals surface area contributed by atoms with E-state index in [2.05, 4.69) is 11.3 Å². The SMILES string of the molecule is COc1ccc(N2C(=O)N(c3c(C)cccc3C)Cc3cnc(Cc4cnn(C5CCOCC5)c4)nc32)c(OC)c1. The van der Waals surface area contributed by atoms with Gasteiger partial charge in [0.1, 0.15) is 23.1 Å². The predicted molar refractivity (Wildman–Crippen MR) is 155 cm³/mol. The summed E-state index contributed by atoms with van der Waals surface area (Å²) < 4.78 is 18.7. The molecule has 2 aromatic heterocycles. The summed E-state index contributed by atoms with van der Waals surface area (Å²) in [5.41, 5.74) is 5.35. The van der Waals surface area contributed by atoms with Gasteiger partial charge in [-0.05, 0) is 55.5 Å². The van der Waals surface area contributed by atoms with Crippen molar-refractivity contribution in [2.24, 2.45) is 0 Å². The third-order valence-corrected chi connectivity index (χ3v) is 7.77. The zero-order chi connectivity index (χ0) is 28.5. The molecule has 0 saturated carbocycles. The first-order valence-corrected chi connectivity index (χ1v) is 13.8. The van der Waals surface area contributed by atoms with E-state index in [0.29, 0.717) is 47.8 Å². The van der Waals surface area contributed by atoms with E-state index in [1.165, 1.54) is 0 Å². The fraction of sp³-hybridized carbons (Fsp3) is 0.355. The van der Waals surface area contributed by atoms with Crippen LogP contribution in [0.5, 0.6) is 11.5 Å². The average molecular weight is 555 g/mol. The van der Waals surface area contributed by atoms with E-state index in [0.717, 1.165) is 54.0 Å². The van der Waals surface area contributed by atoms with Crippen molar-refractivity contribution in [3.63, 3.8) is 0 Å². The smallest absolute Gasteiger partial charge is 0.335 e. The van der Waals surface area contributed by atoms with Crippen LogP contribution < -0.4 is 19.3 Å². The largest absolute Gasteiger partial charge is 0.497 e. The molecule has 2 aliphatic heterocycles. The summed E-state index contributed by atoms with van der Waals surface area (Å²) >= 11 is 0. The van der Waals surface area contributed by atoms with Crippen LogP contribution in [0.3, 0.4) is 0 Å². The van der Waals surface area contributed by atoms with Crippen LogP contribution >= 0.6 is 0 Å². The Bertz CT molecular complexity index is 1560. The Labute approximate surface area is 239 Å². The molecule has 0 unspecified atom stereocenters. The number of amides is 2. The number of aromatic nitrogens is 4. The fourth-order valence-electron chi connectivity index (χ4n) is 5.67. The summed E-state index contributed by atoms with van der Waals surface area (Å²) in [6, 6.07) is 11.6. The van der Waals surface area contributed by atoms with Gasteiger partial charge in [-0.3, -0.25) is 9.58 Å². The lowest BCUT2D eigenvalue weighted by atomic mass is 10.1. The van der Waals surface area contributed by atoms with Crippen LogP contribution in [0, 0.1) is 13.8 Å². The molecule has 6 rings (SSSR count). The number of nitrogens with zero attached hydrogens (tertiary/aromatic N) is 6. The second kappa shape index (κ2) is 11.2. The summed E-state index contributed by atoms with van der Waals surface area (Å²) in [6.07, 6.45) is 8.17. The van der Waals surface area contributed by atoms with Gasteiger partial charge < -0.3 is 14.2 Å². The highest BCUT2D eigenvalue weighted by atomic mass is 16.5. The standard InChI is InChI=1S/C31H34N6O4/c1-20-6-5-7-21(2)29(20)35-19-23-17-32-28(14-22-16-33-36(18-22)24-10-12-41-13-11-24)34-30(23)37(31(35)38)26-9-8-25(39-3)15-27(26)40-4/h5-9,15-18,24H,10-14,19H2,1-4H3. The van der Waals surface area contributed by atoms with Gasteiger partial charge in [0.15, 0.2) is 0 Å². The minimum absolute atomic E-state index is 0.213. The molecule has 2 amide bonds. The van der Waals surface area contributed by atoms with E-state index >= 15 is 0 Å². The molecule has 1 fully saturated rings. The number of para-hydroxylation sites is 1. The maximum atomic E-state index is 14.3. The highest BCUT2D eigenvalue weighted by Crippen LogP contribution is 2.42. The monoisotopic (exact) mass is 554 g/mol. The van der Waals surface area contributed by atoms with E-state index < -0.39 is 0 Å². The lowest BCUT2D eigenvalue weighted by Crippen LogP contribution is -2.46. The maximum absolute atomic E-state index is 14.3. The zero-order valence-electron chi connectivity index (χ0n) is 23.8. The molecule has 2 aromatic carbocycles. The number of urea groups is 1. The molecule has 10 nitrogen and oxygen atoms in total. The molecule has 4 heterocycles. The lowest BCUT2D eigenvalue weighted by molar-refractivity contribution is 0.0662. The van der Waals surface area contributed by atoms with Crippen LogP contribution in [0.2, 0.25) is 0 Å². The first kappa shape index (κ1) is 26.8. The third-order valence-electron chi connectivity index (χ3n) is 7.77. The van der Waals surface area contributed by atoms with E-state index in [1.807, 2.05) is 61.3 Å². The number of rotatable bonds is 7. The van der Waals surface area contributed by atoms with Crippen molar-refractivity contribution in [1.29, 1.82) is 0 Å². The Morgan fingerprint density at radius 3 is 2.54 bits per heavy atom. The summed E-state index contributed by atoms with van der Waals surface area (Å²) in [5, 5.41) is 4.60. The van der Waals surface area contributed by atoms with E-state index in [1.54, 1.807) is 30.1 Å². The Balaban J connectivity index is 1.40. The van der Waals surface area contributed by atoms with Gasteiger partial charge in [-0.1, -0.05) is 18.2 Å². The molecule has 41 heavy (non-hydrogen) atoms. The molecule has 4 aromatic rings. The van der Waals surface area contributed by atoms with Crippen molar-refractivity contribution in [3.8, 4) is 11.5 Å². The van der Waals surface area contributed by atoms with Crippen LogP contribution in [0.15, 0.2) is 55.0 Å². The summed E-state index contributed by atoms with van der Waals surface area (Å²) in [6.45, 7) is 5.90. The lowest BCUT2D eigenvalue weighted by Gasteiger charge is -2.37. The molecular formula is C31H34N6O4. The van der Waals surface area contributed by atoms with Gasteiger partial charge in [0.25, 0.3) is 0 Å². The van der Waals surface area contributed by atoms with Crippen molar-refractivity contribution in [3.05, 3.63) is 83.1 Å². The molecule has 0 spiro atoms. The van der Waals surface area contributed by atoms with Gasteiger partial charge in [0.2, 0.25) is 0 Å². The van der Waals surface area contributed by atoms with Crippen molar-refractivity contribution in [2.45, 2.75) is 45.7 Å². The van der Waals surface area contributed by atoms with Crippen LogP contribution in [-0.2, 0) is 17.7 Å². The topological polar surface area (TPSA) is 94.8 Å². The molecule has 0 radical (unpaired) electrons. The first-order valence-electron chi connectivity index (χ1n) is 13.8. The Kier molecular flexibility index (Phi) is 7.32. The third kappa shape index (κ3) is 5.11. The van der Waals surface area contributed by atoms with Gasteiger partial charge in [0, 0.05) is 43.7 Å². The number of ether oxygens (including phenoxy) is 3. The number of benzene rings is 2. The molecule has 2 aliphatic rings. The highest BCUT2D eigenvalue weighted by Gasteiger charge is 2.37. The second-order valence-corrected chi connectivity index (χ2v) is 10.5. The minimum atomic E-state index is -0.213. The molecule has 212 valence electrons. The molecule has 10 heteroatoms. The highest BCUT2D eigenvalue weighted by molar-refractivity contribution is 6.11. The summed E-state index contributed by atoms with van der Waals surface area (Å²) in [4.78, 5) is 27.4. The van der Waals surface area contributed by atoms with E-state index in [4.69, 9.17) is 24.2 Å². The van der Waals surface area contributed by atoms with Crippen LogP contribution in [0.25, 0.3) is 0 Å². The molecule has 0 atom stereocenters. The summed E-state index contributed by atoms with van der Waals surface area (Å²) in [7, 11) is 3.18. The fourth-order valence-corrected chi connectivity index (χ4v) is 5.67. The van der Waals surface area contributed by atoms with Gasteiger partial charge in [-0.15, -0.1) is 0 Å².